The Morgan fingerprint density at radius 1 is 1.46 bits per heavy atom. The zero-order valence-corrected chi connectivity index (χ0v) is 7.66. The van der Waals surface area contributed by atoms with E-state index in [0.717, 1.165) is 12.8 Å². The molecule has 70 valence electrons. The fraction of sp³-hybridized carbons (Fsp3) is 0.556. The van der Waals surface area contributed by atoms with Crippen molar-refractivity contribution < 1.29 is 4.74 Å². The lowest BCUT2D eigenvalue weighted by Gasteiger charge is -2.25. The van der Waals surface area contributed by atoms with Gasteiger partial charge in [0.2, 0.25) is 5.88 Å². The van der Waals surface area contributed by atoms with Crippen LogP contribution < -0.4 is 10.5 Å². The average molecular weight is 179 g/mol. The summed E-state index contributed by atoms with van der Waals surface area (Å²) in [6, 6.07) is 1.67. The number of aromatic nitrogens is 2. The van der Waals surface area contributed by atoms with E-state index in [2.05, 4.69) is 9.97 Å². The van der Waals surface area contributed by atoms with Gasteiger partial charge in [-0.15, -0.1) is 0 Å². The van der Waals surface area contributed by atoms with Crippen molar-refractivity contribution in [2.75, 3.05) is 5.73 Å². The Bertz CT molecular complexity index is 289. The second-order valence-corrected chi connectivity index (χ2v) is 3.35. The summed E-state index contributed by atoms with van der Waals surface area (Å²) >= 11 is 0. The van der Waals surface area contributed by atoms with Crippen LogP contribution in [-0.4, -0.2) is 16.1 Å². The Balaban J connectivity index is 2.10. The number of hydrogen-bond donors (Lipinski definition) is 1. The molecule has 1 heterocycles. The van der Waals surface area contributed by atoms with Gasteiger partial charge in [-0.1, -0.05) is 0 Å². The molecule has 1 aromatic rings. The van der Waals surface area contributed by atoms with Gasteiger partial charge in [-0.25, -0.2) is 4.98 Å². The maximum absolute atomic E-state index is 5.58. The van der Waals surface area contributed by atoms with Crippen LogP contribution in [0.2, 0.25) is 0 Å². The molecule has 1 saturated carbocycles. The maximum atomic E-state index is 5.58. The Labute approximate surface area is 77.1 Å². The first-order chi connectivity index (χ1) is 6.24. The van der Waals surface area contributed by atoms with Crippen LogP contribution in [0.5, 0.6) is 5.88 Å². The third-order valence-electron chi connectivity index (χ3n) is 2.17. The van der Waals surface area contributed by atoms with Gasteiger partial charge in [0, 0.05) is 6.07 Å². The molecule has 4 nitrogen and oxygen atoms in total. The summed E-state index contributed by atoms with van der Waals surface area (Å²) in [6.45, 7) is 1.81. The number of rotatable bonds is 2. The van der Waals surface area contributed by atoms with E-state index >= 15 is 0 Å². The highest BCUT2D eigenvalue weighted by atomic mass is 16.5. The largest absolute Gasteiger partial charge is 0.474 e. The number of ether oxygens (including phenoxy) is 1. The first kappa shape index (κ1) is 8.29. The quantitative estimate of drug-likeness (QED) is 0.743. The molecular weight excluding hydrogens is 166 g/mol. The summed E-state index contributed by atoms with van der Waals surface area (Å²) in [5.74, 6) is 1.74. The van der Waals surface area contributed by atoms with Gasteiger partial charge in [0.1, 0.15) is 17.7 Å². The van der Waals surface area contributed by atoms with Crippen LogP contribution in [0.4, 0.5) is 5.82 Å². The van der Waals surface area contributed by atoms with Gasteiger partial charge in [0.25, 0.3) is 0 Å². The highest BCUT2D eigenvalue weighted by Gasteiger charge is 2.19. The SMILES string of the molecule is Cc1nc(N)cc(OC2CCC2)n1. The van der Waals surface area contributed by atoms with Gasteiger partial charge in [-0.05, 0) is 26.2 Å². The molecule has 2 rings (SSSR count). The first-order valence-electron chi connectivity index (χ1n) is 4.52. The molecule has 0 aromatic carbocycles. The highest BCUT2D eigenvalue weighted by molar-refractivity contribution is 5.32. The average Bonchev–Trinajstić information content (AvgIpc) is 1.95. The molecule has 0 spiro atoms. The Morgan fingerprint density at radius 3 is 2.77 bits per heavy atom. The Hall–Kier alpha value is -1.32. The number of nitrogen functional groups attached to an aromatic ring is 1. The molecule has 0 aliphatic heterocycles. The molecule has 2 N–H and O–H groups in total. The van der Waals surface area contributed by atoms with E-state index in [4.69, 9.17) is 10.5 Å². The first-order valence-corrected chi connectivity index (χ1v) is 4.52. The van der Waals surface area contributed by atoms with E-state index in [-0.39, 0.29) is 0 Å². The molecule has 0 unspecified atom stereocenters. The lowest BCUT2D eigenvalue weighted by atomic mass is 9.96. The van der Waals surface area contributed by atoms with Gasteiger partial charge in [-0.3, -0.25) is 0 Å². The topological polar surface area (TPSA) is 61.0 Å². The minimum Gasteiger partial charge on any atom is -0.474 e. The smallest absolute Gasteiger partial charge is 0.218 e. The van der Waals surface area contributed by atoms with Crippen molar-refractivity contribution >= 4 is 5.82 Å². The fourth-order valence-corrected chi connectivity index (χ4v) is 1.28. The molecule has 1 aromatic heterocycles. The number of nitrogens with zero attached hydrogens (tertiary/aromatic N) is 2. The second kappa shape index (κ2) is 3.20. The molecule has 0 bridgehead atoms. The maximum Gasteiger partial charge on any atom is 0.218 e. The van der Waals surface area contributed by atoms with Crippen molar-refractivity contribution in [3.63, 3.8) is 0 Å². The minimum atomic E-state index is 0.341. The molecule has 0 amide bonds. The standard InChI is InChI=1S/C9H13N3O/c1-6-11-8(10)5-9(12-6)13-7-3-2-4-7/h5,7H,2-4H2,1H3,(H2,10,11,12). The van der Waals surface area contributed by atoms with Crippen molar-refractivity contribution in [2.24, 2.45) is 0 Å². The molecule has 0 atom stereocenters. The molecule has 13 heavy (non-hydrogen) atoms. The van der Waals surface area contributed by atoms with Crippen molar-refractivity contribution in [1.82, 2.24) is 9.97 Å². The summed E-state index contributed by atoms with van der Waals surface area (Å²) in [5.41, 5.74) is 5.56. The van der Waals surface area contributed by atoms with Crippen LogP contribution in [0.25, 0.3) is 0 Å². The van der Waals surface area contributed by atoms with Gasteiger partial charge in [0.05, 0.1) is 0 Å². The third-order valence-corrected chi connectivity index (χ3v) is 2.17. The number of hydrogen-bond acceptors (Lipinski definition) is 4. The predicted molar refractivity (Wildman–Crippen MR) is 49.4 cm³/mol. The monoisotopic (exact) mass is 179 g/mol. The van der Waals surface area contributed by atoms with Crippen LogP contribution in [0, 0.1) is 6.92 Å². The van der Waals surface area contributed by atoms with Crippen LogP contribution in [0.15, 0.2) is 6.07 Å². The van der Waals surface area contributed by atoms with E-state index in [0.29, 0.717) is 23.6 Å². The fourth-order valence-electron chi connectivity index (χ4n) is 1.28. The van der Waals surface area contributed by atoms with Gasteiger partial charge < -0.3 is 10.5 Å². The van der Waals surface area contributed by atoms with Gasteiger partial charge >= 0.3 is 0 Å². The van der Waals surface area contributed by atoms with E-state index in [1.165, 1.54) is 6.42 Å². The minimum absolute atomic E-state index is 0.341. The zero-order valence-electron chi connectivity index (χ0n) is 7.66. The molecule has 4 heteroatoms. The second-order valence-electron chi connectivity index (χ2n) is 3.35. The lowest BCUT2D eigenvalue weighted by Crippen LogP contribution is -2.25. The normalized spacial score (nSPS) is 16.7. The molecule has 1 aliphatic rings. The van der Waals surface area contributed by atoms with Crippen molar-refractivity contribution in [2.45, 2.75) is 32.3 Å². The number of anilines is 1. The summed E-state index contributed by atoms with van der Waals surface area (Å²) in [6.07, 6.45) is 3.85. The van der Waals surface area contributed by atoms with E-state index in [9.17, 15) is 0 Å². The van der Waals surface area contributed by atoms with Crippen molar-refractivity contribution in [3.05, 3.63) is 11.9 Å². The lowest BCUT2D eigenvalue weighted by molar-refractivity contribution is 0.114. The predicted octanol–water partition coefficient (Wildman–Crippen LogP) is 1.30. The summed E-state index contributed by atoms with van der Waals surface area (Å²) < 4.78 is 5.58. The van der Waals surface area contributed by atoms with E-state index in [1.807, 2.05) is 6.92 Å². The summed E-state index contributed by atoms with van der Waals surface area (Å²) in [5, 5.41) is 0. The molecule has 1 aliphatic carbocycles. The Kier molecular flexibility index (Phi) is 2.04. The number of nitrogens with two attached hydrogens (primary N) is 1. The highest BCUT2D eigenvalue weighted by Crippen LogP contribution is 2.24. The summed E-state index contributed by atoms with van der Waals surface area (Å²) in [4.78, 5) is 8.11. The van der Waals surface area contributed by atoms with Gasteiger partial charge in [0.15, 0.2) is 0 Å². The van der Waals surface area contributed by atoms with Gasteiger partial charge in [-0.2, -0.15) is 4.98 Å². The van der Waals surface area contributed by atoms with Crippen molar-refractivity contribution in [1.29, 1.82) is 0 Å². The molecule has 1 fully saturated rings. The zero-order chi connectivity index (χ0) is 9.26. The van der Waals surface area contributed by atoms with E-state index < -0.39 is 0 Å². The van der Waals surface area contributed by atoms with E-state index in [1.54, 1.807) is 6.07 Å². The van der Waals surface area contributed by atoms with Crippen LogP contribution >= 0.6 is 0 Å². The Morgan fingerprint density at radius 2 is 2.23 bits per heavy atom. The number of aryl methyl sites for hydroxylation is 1. The molecular formula is C9H13N3O. The van der Waals surface area contributed by atoms with Crippen LogP contribution in [-0.2, 0) is 0 Å². The van der Waals surface area contributed by atoms with Crippen LogP contribution in [0.3, 0.4) is 0 Å². The summed E-state index contributed by atoms with van der Waals surface area (Å²) in [7, 11) is 0. The molecule has 0 saturated heterocycles. The van der Waals surface area contributed by atoms with Crippen molar-refractivity contribution in [3.8, 4) is 5.88 Å². The third kappa shape index (κ3) is 1.88. The molecule has 0 radical (unpaired) electrons. The van der Waals surface area contributed by atoms with Crippen LogP contribution in [0.1, 0.15) is 25.1 Å².